The maximum atomic E-state index is 12.8. The van der Waals surface area contributed by atoms with Gasteiger partial charge in [0.05, 0.1) is 40.3 Å². The molecule has 0 aromatic rings. The Morgan fingerprint density at radius 3 is 1.18 bits per heavy atom. The Labute approximate surface area is 378 Å². The van der Waals surface area contributed by atoms with Crippen LogP contribution in [0.4, 0.5) is 0 Å². The van der Waals surface area contributed by atoms with E-state index in [0.717, 1.165) is 38.5 Å². The number of aliphatic carboxylic acids is 1. The van der Waals surface area contributed by atoms with E-state index < -0.39 is 18.1 Å². The van der Waals surface area contributed by atoms with Crippen molar-refractivity contribution in [3.63, 3.8) is 0 Å². The molecule has 8 heteroatoms. The number of hydrogen-bond acceptors (Lipinski definition) is 7. The lowest BCUT2D eigenvalue weighted by Gasteiger charge is -2.34. The van der Waals surface area contributed by atoms with Crippen LogP contribution < -0.4 is 5.11 Å². The zero-order valence-corrected chi connectivity index (χ0v) is 41.1. The van der Waals surface area contributed by atoms with E-state index in [2.05, 4.69) is 26.0 Å². The number of likely N-dealkylation sites (N-methyl/N-ethyl adjacent to an activating group) is 1. The zero-order valence-electron chi connectivity index (χ0n) is 41.1. The van der Waals surface area contributed by atoms with E-state index >= 15 is 0 Å². The molecule has 0 N–H and O–H groups in total. The van der Waals surface area contributed by atoms with Gasteiger partial charge in [0.1, 0.15) is 12.6 Å². The Morgan fingerprint density at radius 2 is 0.820 bits per heavy atom. The Morgan fingerprint density at radius 1 is 0.475 bits per heavy atom. The molecule has 0 bridgehead atoms. The van der Waals surface area contributed by atoms with E-state index in [1.807, 2.05) is 21.1 Å². The van der Waals surface area contributed by atoms with Gasteiger partial charge >= 0.3 is 11.9 Å². The molecule has 0 aliphatic heterocycles. The molecule has 0 aromatic carbocycles. The molecular formula is C53H101NO7. The quantitative estimate of drug-likeness (QED) is 0.0260. The highest BCUT2D eigenvalue weighted by atomic mass is 16.6. The van der Waals surface area contributed by atoms with Crippen LogP contribution in [0, 0.1) is 0 Å². The van der Waals surface area contributed by atoms with E-state index in [1.54, 1.807) is 0 Å². The van der Waals surface area contributed by atoms with Gasteiger partial charge in [-0.3, -0.25) is 9.59 Å². The van der Waals surface area contributed by atoms with Crippen LogP contribution in [0.1, 0.15) is 258 Å². The predicted octanol–water partition coefficient (Wildman–Crippen LogP) is 13.7. The number of esters is 2. The number of carbonyl (C=O) groups excluding carboxylic acids is 3. The standard InChI is InChI=1S/C53H101NO7/c1-6-8-10-12-14-16-18-20-22-24-25-26-28-29-31-33-35-37-39-41-43-51(55)60-48-49(47-59-46-45-50(53(57)58)54(3,4)5)61-52(56)44-42-40-38-36-34-32-30-27-23-21-19-17-15-13-11-9-7-2/h25-26,49-50H,6-24,27-48H2,1-5H3/b26-25+. The van der Waals surface area contributed by atoms with E-state index in [-0.39, 0.29) is 42.7 Å². The second-order valence-electron chi connectivity index (χ2n) is 19.1. The van der Waals surface area contributed by atoms with Gasteiger partial charge in [0, 0.05) is 19.3 Å². The van der Waals surface area contributed by atoms with Gasteiger partial charge in [-0.1, -0.05) is 212 Å². The van der Waals surface area contributed by atoms with Crippen molar-refractivity contribution in [1.29, 1.82) is 0 Å². The first-order valence-corrected chi connectivity index (χ1v) is 26.2. The Bertz CT molecular complexity index is 1010. The first kappa shape index (κ1) is 59.1. The molecule has 2 atom stereocenters. The number of carboxylic acids is 1. The summed E-state index contributed by atoms with van der Waals surface area (Å²) in [5, 5.41) is 11.7. The number of carbonyl (C=O) groups is 3. The van der Waals surface area contributed by atoms with Crippen LogP contribution in [0.15, 0.2) is 12.2 Å². The number of rotatable bonds is 48. The molecule has 0 spiro atoms. The summed E-state index contributed by atoms with van der Waals surface area (Å²) in [5.41, 5.74) is 0. The van der Waals surface area contributed by atoms with Crippen molar-refractivity contribution in [2.45, 2.75) is 270 Å². The average molecular weight is 864 g/mol. The molecule has 0 radical (unpaired) electrons. The molecule has 0 saturated heterocycles. The fourth-order valence-electron chi connectivity index (χ4n) is 8.07. The van der Waals surface area contributed by atoms with Gasteiger partial charge in [0.2, 0.25) is 0 Å². The minimum atomic E-state index is -1.12. The van der Waals surface area contributed by atoms with E-state index in [4.69, 9.17) is 14.2 Å². The monoisotopic (exact) mass is 864 g/mol. The minimum absolute atomic E-state index is 0.0457. The molecule has 0 rings (SSSR count). The summed E-state index contributed by atoms with van der Waals surface area (Å²) in [6.07, 6.45) is 49.5. The smallest absolute Gasteiger partial charge is 0.306 e. The Balaban J connectivity index is 4.20. The fraction of sp³-hybridized carbons (Fsp3) is 0.906. The molecular weight excluding hydrogens is 763 g/mol. The molecule has 0 amide bonds. The minimum Gasteiger partial charge on any atom is -0.544 e. The lowest BCUT2D eigenvalue weighted by Crippen LogP contribution is -2.55. The van der Waals surface area contributed by atoms with Crippen LogP contribution in [0.2, 0.25) is 0 Å². The molecule has 360 valence electrons. The van der Waals surface area contributed by atoms with E-state index in [0.29, 0.717) is 12.8 Å². The van der Waals surface area contributed by atoms with Crippen LogP contribution in [0.25, 0.3) is 0 Å². The lowest BCUT2D eigenvalue weighted by molar-refractivity contribution is -0.889. The first-order chi connectivity index (χ1) is 29.6. The van der Waals surface area contributed by atoms with E-state index in [1.165, 1.54) is 186 Å². The van der Waals surface area contributed by atoms with Crippen LogP contribution in [-0.2, 0) is 28.6 Å². The summed E-state index contributed by atoms with van der Waals surface area (Å²) in [6.45, 7) is 4.71. The third-order valence-corrected chi connectivity index (χ3v) is 12.2. The van der Waals surface area contributed by atoms with Gasteiger partial charge in [0.25, 0.3) is 0 Å². The Hall–Kier alpha value is -1.93. The molecule has 0 fully saturated rings. The summed E-state index contributed by atoms with van der Waals surface area (Å²) < 4.78 is 17.3. The molecule has 8 nitrogen and oxygen atoms in total. The maximum Gasteiger partial charge on any atom is 0.306 e. The number of ether oxygens (including phenoxy) is 3. The van der Waals surface area contributed by atoms with Gasteiger partial charge in [-0.2, -0.15) is 0 Å². The molecule has 2 unspecified atom stereocenters. The molecule has 0 saturated carbocycles. The Kier molecular flexibility index (Phi) is 43.3. The fourth-order valence-corrected chi connectivity index (χ4v) is 8.07. The lowest BCUT2D eigenvalue weighted by atomic mass is 10.0. The van der Waals surface area contributed by atoms with Crippen molar-refractivity contribution in [3.8, 4) is 0 Å². The molecule has 0 aliphatic rings. The topological polar surface area (TPSA) is 102 Å². The summed E-state index contributed by atoms with van der Waals surface area (Å²) in [5.74, 6) is -1.72. The van der Waals surface area contributed by atoms with Gasteiger partial charge < -0.3 is 28.6 Å². The summed E-state index contributed by atoms with van der Waals surface area (Å²) >= 11 is 0. The van der Waals surface area contributed by atoms with Crippen LogP contribution in [0.5, 0.6) is 0 Å². The summed E-state index contributed by atoms with van der Waals surface area (Å²) in [7, 11) is 5.43. The molecule has 0 aromatic heterocycles. The first-order valence-electron chi connectivity index (χ1n) is 26.2. The van der Waals surface area contributed by atoms with Crippen molar-refractivity contribution < 1.29 is 38.2 Å². The number of quaternary nitrogens is 1. The highest BCUT2D eigenvalue weighted by Crippen LogP contribution is 2.16. The summed E-state index contributed by atoms with van der Waals surface area (Å²) in [4.78, 5) is 37.0. The van der Waals surface area contributed by atoms with E-state index in [9.17, 15) is 19.5 Å². The number of unbranched alkanes of at least 4 members (excludes halogenated alkanes) is 32. The normalized spacial score (nSPS) is 12.9. The van der Waals surface area contributed by atoms with Crippen molar-refractivity contribution >= 4 is 17.9 Å². The second-order valence-corrected chi connectivity index (χ2v) is 19.1. The predicted molar refractivity (Wildman–Crippen MR) is 254 cm³/mol. The molecule has 0 aliphatic carbocycles. The van der Waals surface area contributed by atoms with Gasteiger partial charge in [0.15, 0.2) is 6.10 Å². The van der Waals surface area contributed by atoms with Crippen molar-refractivity contribution in [2.75, 3.05) is 41.0 Å². The zero-order chi connectivity index (χ0) is 44.9. The third kappa shape index (κ3) is 43.1. The number of carboxylic acid groups (broad SMARTS) is 1. The largest absolute Gasteiger partial charge is 0.544 e. The van der Waals surface area contributed by atoms with Crippen molar-refractivity contribution in [3.05, 3.63) is 12.2 Å². The molecule has 61 heavy (non-hydrogen) atoms. The van der Waals surface area contributed by atoms with Crippen molar-refractivity contribution in [1.82, 2.24) is 0 Å². The SMILES string of the molecule is CCCCCCCCCCC/C=C/CCCCCCCCCC(=O)OCC(COCCC(C(=O)[O-])[N+](C)(C)C)OC(=O)CCCCCCCCCCCCCCCCCCC. The highest BCUT2D eigenvalue weighted by molar-refractivity contribution is 5.70. The van der Waals surface area contributed by atoms with Crippen LogP contribution >= 0.6 is 0 Å². The average Bonchev–Trinajstić information content (AvgIpc) is 3.22. The van der Waals surface area contributed by atoms with Crippen molar-refractivity contribution in [2.24, 2.45) is 0 Å². The van der Waals surface area contributed by atoms with Crippen LogP contribution in [-0.4, -0.2) is 75.5 Å². The maximum absolute atomic E-state index is 12.8. The highest BCUT2D eigenvalue weighted by Gasteiger charge is 2.25. The number of hydrogen-bond donors (Lipinski definition) is 0. The molecule has 0 heterocycles. The van der Waals surface area contributed by atoms with Gasteiger partial charge in [-0.15, -0.1) is 0 Å². The van der Waals surface area contributed by atoms with Crippen LogP contribution in [0.3, 0.4) is 0 Å². The number of allylic oxidation sites excluding steroid dienone is 2. The second kappa shape index (κ2) is 44.7. The summed E-state index contributed by atoms with van der Waals surface area (Å²) in [6, 6.07) is -0.722. The van der Waals surface area contributed by atoms with Gasteiger partial charge in [-0.25, -0.2) is 0 Å². The number of nitrogens with zero attached hydrogens (tertiary/aromatic N) is 1. The third-order valence-electron chi connectivity index (χ3n) is 12.2. The van der Waals surface area contributed by atoms with Gasteiger partial charge in [-0.05, 0) is 38.5 Å².